The van der Waals surface area contributed by atoms with E-state index in [1.807, 2.05) is 80.6 Å². The van der Waals surface area contributed by atoms with Gasteiger partial charge in [0, 0.05) is 18.9 Å². The molecule has 0 spiro atoms. The molecule has 1 aliphatic heterocycles. The number of allylic oxidation sites excluding steroid dienone is 2. The maximum Gasteiger partial charge on any atom is 0.410 e. The Balaban J connectivity index is 1.26. The van der Waals surface area contributed by atoms with Crippen molar-refractivity contribution in [3.63, 3.8) is 0 Å². The van der Waals surface area contributed by atoms with Crippen molar-refractivity contribution in [3.8, 4) is 22.6 Å². The number of carbonyl (C=O) groups is 2. The quantitative estimate of drug-likeness (QED) is 0.185. The number of carbonyl (C=O) groups excluding carboxylic acids is 2. The number of fused-ring (bicyclic) bond motifs is 4. The molecule has 6 nitrogen and oxygen atoms in total. The summed E-state index contributed by atoms with van der Waals surface area (Å²) in [7, 11) is 1.60. The molecule has 0 saturated heterocycles. The summed E-state index contributed by atoms with van der Waals surface area (Å²) in [6.45, 7) is 4.86. The number of rotatable bonds is 9. The summed E-state index contributed by atoms with van der Waals surface area (Å²) in [5.41, 5.74) is 8.56. The third-order valence-corrected chi connectivity index (χ3v) is 8.43. The largest absolute Gasteiger partial charge is 0.493 e. The van der Waals surface area contributed by atoms with Crippen molar-refractivity contribution in [2.24, 2.45) is 0 Å². The molecule has 1 atom stereocenters. The van der Waals surface area contributed by atoms with Gasteiger partial charge in [0.15, 0.2) is 17.3 Å². The number of hydrogen-bond acceptors (Lipinski definition) is 5. The Morgan fingerprint density at radius 3 is 2.16 bits per heavy atom. The van der Waals surface area contributed by atoms with Gasteiger partial charge in [-0.15, -0.1) is 0 Å². The molecule has 1 unspecified atom stereocenters. The van der Waals surface area contributed by atoms with Gasteiger partial charge in [-0.05, 0) is 77.4 Å². The molecule has 4 aromatic carbocycles. The van der Waals surface area contributed by atoms with Gasteiger partial charge in [0.25, 0.3) is 0 Å². The molecule has 0 aromatic heterocycles. The van der Waals surface area contributed by atoms with Crippen molar-refractivity contribution in [1.82, 2.24) is 4.90 Å². The lowest BCUT2D eigenvalue weighted by Crippen LogP contribution is -2.41. The van der Waals surface area contributed by atoms with Crippen LogP contribution in [-0.2, 0) is 22.6 Å². The minimum atomic E-state index is -0.491. The highest BCUT2D eigenvalue weighted by molar-refractivity contribution is 5.91. The van der Waals surface area contributed by atoms with Gasteiger partial charge >= 0.3 is 6.09 Å². The predicted octanol–water partition coefficient (Wildman–Crippen LogP) is 8.05. The highest BCUT2D eigenvalue weighted by atomic mass is 16.6. The van der Waals surface area contributed by atoms with E-state index < -0.39 is 12.1 Å². The van der Waals surface area contributed by atoms with Gasteiger partial charge in [-0.3, -0.25) is 4.79 Å². The molecule has 224 valence electrons. The zero-order chi connectivity index (χ0) is 30.6. The van der Waals surface area contributed by atoms with Crippen LogP contribution in [0.4, 0.5) is 4.79 Å². The summed E-state index contributed by atoms with van der Waals surface area (Å²) >= 11 is 0. The minimum Gasteiger partial charge on any atom is -0.493 e. The van der Waals surface area contributed by atoms with Crippen LogP contribution in [0, 0.1) is 0 Å². The van der Waals surface area contributed by atoms with E-state index in [2.05, 4.69) is 24.3 Å². The van der Waals surface area contributed by atoms with Crippen LogP contribution in [0.2, 0.25) is 0 Å². The third kappa shape index (κ3) is 5.98. The predicted molar refractivity (Wildman–Crippen MR) is 171 cm³/mol. The fourth-order valence-electron chi connectivity index (χ4n) is 6.40. The average Bonchev–Trinajstić information content (AvgIpc) is 3.36. The fraction of sp³-hybridized carbons (Fsp3) is 0.263. The standard InChI is InChI=1S/C38H37NO5/c1-25(2)19-28(40)21-35-33-22-36(42-3)37(43-23-26-11-5-4-6-12-26)20-27(33)17-18-39(35)38(41)44-24-34-31-15-9-7-13-29(31)30-14-8-10-16-32(30)34/h4-16,19-20,22,34-35H,17-18,21,23-24H2,1-3H3. The van der Waals surface area contributed by atoms with Crippen LogP contribution in [0.5, 0.6) is 11.5 Å². The molecule has 1 aliphatic carbocycles. The molecule has 1 amide bonds. The van der Waals surface area contributed by atoms with Crippen LogP contribution in [0.1, 0.15) is 60.0 Å². The van der Waals surface area contributed by atoms with Gasteiger partial charge in [-0.1, -0.05) is 84.4 Å². The first-order valence-electron chi connectivity index (χ1n) is 15.1. The third-order valence-electron chi connectivity index (χ3n) is 8.43. The van der Waals surface area contributed by atoms with E-state index in [4.69, 9.17) is 14.2 Å². The second kappa shape index (κ2) is 12.8. The van der Waals surface area contributed by atoms with Crippen molar-refractivity contribution < 1.29 is 23.8 Å². The topological polar surface area (TPSA) is 65.1 Å². The molecule has 4 aromatic rings. The highest BCUT2D eigenvalue weighted by Crippen LogP contribution is 2.45. The zero-order valence-electron chi connectivity index (χ0n) is 25.4. The molecule has 0 N–H and O–H groups in total. The van der Waals surface area contributed by atoms with Crippen molar-refractivity contribution in [2.75, 3.05) is 20.3 Å². The maximum atomic E-state index is 13.8. The second-order valence-electron chi connectivity index (χ2n) is 11.6. The lowest BCUT2D eigenvalue weighted by molar-refractivity contribution is -0.115. The summed E-state index contributed by atoms with van der Waals surface area (Å²) < 4.78 is 18.0. The monoisotopic (exact) mass is 587 g/mol. The van der Waals surface area contributed by atoms with Crippen molar-refractivity contribution in [1.29, 1.82) is 0 Å². The van der Waals surface area contributed by atoms with Gasteiger partial charge in [-0.25, -0.2) is 4.79 Å². The number of nitrogens with zero attached hydrogens (tertiary/aromatic N) is 1. The average molecular weight is 588 g/mol. The van der Waals surface area contributed by atoms with E-state index >= 15 is 0 Å². The van der Waals surface area contributed by atoms with Gasteiger partial charge in [0.2, 0.25) is 0 Å². The van der Waals surface area contributed by atoms with Gasteiger partial charge in [-0.2, -0.15) is 0 Å². The van der Waals surface area contributed by atoms with Crippen LogP contribution < -0.4 is 9.47 Å². The smallest absolute Gasteiger partial charge is 0.410 e. The molecule has 0 saturated carbocycles. The van der Waals surface area contributed by atoms with Crippen LogP contribution in [0.25, 0.3) is 11.1 Å². The number of methoxy groups -OCH3 is 1. The Kier molecular flexibility index (Phi) is 8.51. The summed E-state index contributed by atoms with van der Waals surface area (Å²) in [6, 6.07) is 30.0. The SMILES string of the molecule is COc1cc2c(cc1OCc1ccccc1)CCN(C(=O)OCC1c3ccccc3-c3ccccc31)C2CC(=O)C=C(C)C. The number of ketones is 1. The minimum absolute atomic E-state index is 0.0392. The molecule has 2 aliphatic rings. The number of ether oxygens (including phenoxy) is 3. The molecule has 44 heavy (non-hydrogen) atoms. The lowest BCUT2D eigenvalue weighted by Gasteiger charge is -2.37. The summed E-state index contributed by atoms with van der Waals surface area (Å²) in [5, 5.41) is 0. The first-order chi connectivity index (χ1) is 21.4. The lowest BCUT2D eigenvalue weighted by atomic mass is 9.89. The van der Waals surface area contributed by atoms with Crippen LogP contribution in [0.15, 0.2) is 103 Å². The highest BCUT2D eigenvalue weighted by Gasteiger charge is 2.36. The Bertz CT molecular complexity index is 1660. The summed E-state index contributed by atoms with van der Waals surface area (Å²) in [6.07, 6.45) is 1.98. The molecule has 1 heterocycles. The second-order valence-corrected chi connectivity index (χ2v) is 11.6. The summed E-state index contributed by atoms with van der Waals surface area (Å²) in [5.74, 6) is 1.12. The van der Waals surface area contributed by atoms with E-state index in [1.165, 1.54) is 11.1 Å². The van der Waals surface area contributed by atoms with Crippen molar-refractivity contribution >= 4 is 11.9 Å². The Morgan fingerprint density at radius 2 is 1.50 bits per heavy atom. The first-order valence-corrected chi connectivity index (χ1v) is 15.1. The number of hydrogen-bond donors (Lipinski definition) is 0. The molecule has 6 rings (SSSR count). The molecular weight excluding hydrogens is 550 g/mol. The maximum absolute atomic E-state index is 13.8. The molecular formula is C38H37NO5. The number of amides is 1. The van der Waals surface area contributed by atoms with Gasteiger partial charge in [0.1, 0.15) is 13.2 Å². The van der Waals surface area contributed by atoms with E-state index in [-0.39, 0.29) is 24.7 Å². The molecule has 0 bridgehead atoms. The van der Waals surface area contributed by atoms with E-state index in [0.29, 0.717) is 31.1 Å². The van der Waals surface area contributed by atoms with Gasteiger partial charge in [0.05, 0.1) is 13.2 Å². The van der Waals surface area contributed by atoms with Crippen molar-refractivity contribution in [2.45, 2.75) is 45.3 Å². The Morgan fingerprint density at radius 1 is 0.841 bits per heavy atom. The normalized spacial score (nSPS) is 15.1. The molecule has 0 fully saturated rings. The van der Waals surface area contributed by atoms with Gasteiger partial charge < -0.3 is 19.1 Å². The Labute approximate surface area is 258 Å². The molecule has 6 heteroatoms. The van der Waals surface area contributed by atoms with Crippen LogP contribution >= 0.6 is 0 Å². The van der Waals surface area contributed by atoms with Crippen molar-refractivity contribution in [3.05, 3.63) is 130 Å². The zero-order valence-corrected chi connectivity index (χ0v) is 25.4. The van der Waals surface area contributed by atoms with E-state index in [9.17, 15) is 9.59 Å². The fourth-order valence-corrected chi connectivity index (χ4v) is 6.40. The summed E-state index contributed by atoms with van der Waals surface area (Å²) in [4.78, 5) is 28.6. The molecule has 0 radical (unpaired) electrons. The van der Waals surface area contributed by atoms with E-state index in [0.717, 1.165) is 33.4 Å². The Hall–Kier alpha value is -4.84. The first kappa shape index (κ1) is 29.2. The van der Waals surface area contributed by atoms with E-state index in [1.54, 1.807) is 18.1 Å². The van der Waals surface area contributed by atoms with Crippen LogP contribution in [-0.4, -0.2) is 37.0 Å². The van der Waals surface area contributed by atoms with Crippen LogP contribution in [0.3, 0.4) is 0 Å². The number of benzene rings is 4.